The number of nitrogens with zero attached hydrogens (tertiary/aromatic N) is 1. The molecule has 4 nitrogen and oxygen atoms in total. The molecular weight excluding hydrogens is 295 g/mol. The third-order valence-corrected chi connectivity index (χ3v) is 5.29. The van der Waals surface area contributed by atoms with Crippen molar-refractivity contribution < 1.29 is 26.7 Å². The fraction of sp³-hybridized carbons (Fsp3) is 0.500. The van der Waals surface area contributed by atoms with Gasteiger partial charge in [0.05, 0.1) is 17.1 Å². The second-order valence-corrected chi connectivity index (χ2v) is 6.51. The maximum atomic E-state index is 12.4. The Morgan fingerprint density at radius 1 is 1.25 bits per heavy atom. The van der Waals surface area contributed by atoms with E-state index >= 15 is 0 Å². The van der Waals surface area contributed by atoms with Gasteiger partial charge in [-0.1, -0.05) is 0 Å². The Bertz CT molecular complexity index is 569. The normalized spacial score (nSPS) is 21.3. The maximum absolute atomic E-state index is 12.4. The van der Waals surface area contributed by atoms with Crippen LogP contribution in [0.1, 0.15) is 18.4 Å². The van der Waals surface area contributed by atoms with E-state index in [4.69, 9.17) is 5.11 Å². The first-order chi connectivity index (χ1) is 9.26. The van der Waals surface area contributed by atoms with Crippen molar-refractivity contribution in [1.82, 2.24) is 4.31 Å². The van der Waals surface area contributed by atoms with Crippen LogP contribution < -0.4 is 0 Å². The second-order valence-electron chi connectivity index (χ2n) is 4.62. The van der Waals surface area contributed by atoms with Crippen molar-refractivity contribution in [3.8, 4) is 0 Å². The van der Waals surface area contributed by atoms with Crippen LogP contribution in [0.2, 0.25) is 0 Å². The minimum atomic E-state index is -4.50. The fourth-order valence-electron chi connectivity index (χ4n) is 2.26. The molecule has 1 aliphatic rings. The fourth-order valence-corrected chi connectivity index (χ4v) is 3.94. The molecule has 1 atom stereocenters. The van der Waals surface area contributed by atoms with Crippen LogP contribution in [0.4, 0.5) is 13.2 Å². The number of halogens is 3. The lowest BCUT2D eigenvalue weighted by Gasteiger charge is -2.22. The zero-order chi connectivity index (χ0) is 15.0. The number of hydrogen-bond donors (Lipinski definition) is 1. The van der Waals surface area contributed by atoms with Crippen LogP contribution >= 0.6 is 0 Å². The van der Waals surface area contributed by atoms with Crippen molar-refractivity contribution in [2.24, 2.45) is 0 Å². The van der Waals surface area contributed by atoms with Crippen molar-refractivity contribution in [2.75, 3.05) is 13.2 Å². The first-order valence-electron chi connectivity index (χ1n) is 6.07. The number of benzene rings is 1. The molecule has 0 saturated carbocycles. The highest BCUT2D eigenvalue weighted by molar-refractivity contribution is 7.89. The Kier molecular flexibility index (Phi) is 4.08. The molecular formula is C12H14F3NO3S. The van der Waals surface area contributed by atoms with Crippen molar-refractivity contribution in [2.45, 2.75) is 30.0 Å². The molecule has 0 aliphatic carbocycles. The summed E-state index contributed by atoms with van der Waals surface area (Å²) in [5.74, 6) is 0. The molecule has 20 heavy (non-hydrogen) atoms. The van der Waals surface area contributed by atoms with Crippen LogP contribution in [0, 0.1) is 0 Å². The summed E-state index contributed by atoms with van der Waals surface area (Å²) in [6, 6.07) is 2.89. The Hall–Kier alpha value is -1.12. The van der Waals surface area contributed by atoms with E-state index in [1.807, 2.05) is 0 Å². The summed E-state index contributed by atoms with van der Waals surface area (Å²) in [6.07, 6.45) is -3.31. The maximum Gasteiger partial charge on any atom is 0.416 e. The van der Waals surface area contributed by atoms with Gasteiger partial charge in [0, 0.05) is 12.6 Å². The standard InChI is InChI=1S/C12H14F3NO3S/c13-12(14,15)9-3-5-11(6-4-9)20(18,19)16-7-1-2-10(16)8-17/h3-6,10,17H,1-2,7-8H2/t10-/m1/s1. The molecule has 1 aromatic rings. The summed E-state index contributed by atoms with van der Waals surface area (Å²) in [4.78, 5) is -0.189. The molecule has 0 radical (unpaired) electrons. The Morgan fingerprint density at radius 2 is 1.85 bits per heavy atom. The average Bonchev–Trinajstić information content (AvgIpc) is 2.87. The predicted molar refractivity (Wildman–Crippen MR) is 65.4 cm³/mol. The largest absolute Gasteiger partial charge is 0.416 e. The van der Waals surface area contributed by atoms with E-state index in [0.29, 0.717) is 12.8 Å². The van der Waals surface area contributed by atoms with E-state index in [9.17, 15) is 21.6 Å². The van der Waals surface area contributed by atoms with Crippen LogP contribution in [0.15, 0.2) is 29.2 Å². The van der Waals surface area contributed by atoms with Crippen LogP contribution in [-0.4, -0.2) is 37.0 Å². The number of aliphatic hydroxyl groups excluding tert-OH is 1. The molecule has 112 valence electrons. The molecule has 0 bridgehead atoms. The molecule has 0 spiro atoms. The van der Waals surface area contributed by atoms with Crippen LogP contribution in [-0.2, 0) is 16.2 Å². The number of sulfonamides is 1. The smallest absolute Gasteiger partial charge is 0.395 e. The highest BCUT2D eigenvalue weighted by Gasteiger charge is 2.36. The van der Waals surface area contributed by atoms with E-state index in [0.717, 1.165) is 28.6 Å². The molecule has 1 aliphatic heterocycles. The zero-order valence-electron chi connectivity index (χ0n) is 10.5. The molecule has 0 aromatic heterocycles. The van der Waals surface area contributed by atoms with Crippen LogP contribution in [0.5, 0.6) is 0 Å². The van der Waals surface area contributed by atoms with Gasteiger partial charge in [-0.2, -0.15) is 17.5 Å². The molecule has 8 heteroatoms. The van der Waals surface area contributed by atoms with Crippen LogP contribution in [0.25, 0.3) is 0 Å². The summed E-state index contributed by atoms with van der Waals surface area (Å²) in [7, 11) is -3.86. The zero-order valence-corrected chi connectivity index (χ0v) is 11.3. The molecule has 0 unspecified atom stereocenters. The molecule has 1 saturated heterocycles. The number of hydrogen-bond acceptors (Lipinski definition) is 3. The molecule has 1 fully saturated rings. The first kappa shape index (κ1) is 15.3. The molecule has 1 heterocycles. The van der Waals surface area contributed by atoms with Gasteiger partial charge in [-0.15, -0.1) is 0 Å². The molecule has 1 N–H and O–H groups in total. The van der Waals surface area contributed by atoms with Crippen molar-refractivity contribution >= 4 is 10.0 Å². The average molecular weight is 309 g/mol. The van der Waals surface area contributed by atoms with Gasteiger partial charge in [0.25, 0.3) is 0 Å². The van der Waals surface area contributed by atoms with Crippen molar-refractivity contribution in [3.63, 3.8) is 0 Å². The number of alkyl halides is 3. The van der Waals surface area contributed by atoms with Gasteiger partial charge in [-0.3, -0.25) is 0 Å². The quantitative estimate of drug-likeness (QED) is 0.927. The third-order valence-electron chi connectivity index (χ3n) is 3.32. The first-order valence-corrected chi connectivity index (χ1v) is 7.51. The minimum Gasteiger partial charge on any atom is -0.395 e. The van der Waals surface area contributed by atoms with E-state index in [1.165, 1.54) is 0 Å². The minimum absolute atomic E-state index is 0.189. The lowest BCUT2D eigenvalue weighted by molar-refractivity contribution is -0.137. The Labute approximate surface area is 114 Å². The highest BCUT2D eigenvalue weighted by Crippen LogP contribution is 2.31. The van der Waals surface area contributed by atoms with Gasteiger partial charge in [0.1, 0.15) is 0 Å². The van der Waals surface area contributed by atoms with Gasteiger partial charge in [-0.05, 0) is 37.1 Å². The van der Waals surface area contributed by atoms with E-state index in [1.54, 1.807) is 0 Å². The van der Waals surface area contributed by atoms with Crippen molar-refractivity contribution in [3.05, 3.63) is 29.8 Å². The summed E-state index contributed by atoms with van der Waals surface area (Å²) in [6.45, 7) is -0.0194. The topological polar surface area (TPSA) is 57.6 Å². The molecule has 2 rings (SSSR count). The van der Waals surface area contributed by atoms with Gasteiger partial charge in [-0.25, -0.2) is 8.42 Å². The van der Waals surface area contributed by atoms with Gasteiger partial charge < -0.3 is 5.11 Å². The summed E-state index contributed by atoms with van der Waals surface area (Å²) < 4.78 is 63.1. The Morgan fingerprint density at radius 3 is 2.35 bits per heavy atom. The van der Waals surface area contributed by atoms with Gasteiger partial charge >= 0.3 is 6.18 Å². The summed E-state index contributed by atoms with van der Waals surface area (Å²) >= 11 is 0. The SMILES string of the molecule is O=S(=O)(c1ccc(C(F)(F)F)cc1)N1CCC[C@@H]1CO. The summed E-state index contributed by atoms with van der Waals surface area (Å²) in [5, 5.41) is 9.14. The molecule has 1 aromatic carbocycles. The monoisotopic (exact) mass is 309 g/mol. The van der Waals surface area contributed by atoms with E-state index < -0.39 is 27.8 Å². The van der Waals surface area contributed by atoms with Gasteiger partial charge in [0.15, 0.2) is 0 Å². The second kappa shape index (κ2) is 5.34. The number of rotatable bonds is 3. The Balaban J connectivity index is 2.31. The lowest BCUT2D eigenvalue weighted by Crippen LogP contribution is -2.37. The van der Waals surface area contributed by atoms with Gasteiger partial charge in [0.2, 0.25) is 10.0 Å². The van der Waals surface area contributed by atoms with E-state index in [2.05, 4.69) is 0 Å². The summed E-state index contributed by atoms with van der Waals surface area (Å²) in [5.41, 5.74) is -0.892. The van der Waals surface area contributed by atoms with E-state index in [-0.39, 0.29) is 18.0 Å². The third kappa shape index (κ3) is 2.82. The molecule has 0 amide bonds. The highest BCUT2D eigenvalue weighted by atomic mass is 32.2. The lowest BCUT2D eigenvalue weighted by atomic mass is 10.2. The number of aliphatic hydroxyl groups is 1. The predicted octanol–water partition coefficient (Wildman–Crippen LogP) is 1.85. The van der Waals surface area contributed by atoms with Crippen molar-refractivity contribution in [1.29, 1.82) is 0 Å². The van der Waals surface area contributed by atoms with Crippen LogP contribution in [0.3, 0.4) is 0 Å².